The summed E-state index contributed by atoms with van der Waals surface area (Å²) >= 11 is 0. The summed E-state index contributed by atoms with van der Waals surface area (Å²) < 4.78 is 4.72. The molecule has 2 rings (SSSR count). The highest BCUT2D eigenvalue weighted by Crippen LogP contribution is 2.21. The summed E-state index contributed by atoms with van der Waals surface area (Å²) in [6, 6.07) is 0. The highest BCUT2D eigenvalue weighted by Gasteiger charge is 2.38. The number of ether oxygens (including phenoxy) is 1. The molecule has 2 saturated heterocycles. The summed E-state index contributed by atoms with van der Waals surface area (Å²) in [5, 5.41) is 9.61. The van der Waals surface area contributed by atoms with E-state index in [0.29, 0.717) is 45.6 Å². The van der Waals surface area contributed by atoms with Crippen LogP contribution in [0.25, 0.3) is 0 Å². The van der Waals surface area contributed by atoms with Gasteiger partial charge in [-0.15, -0.1) is 0 Å². The number of nitrogens with zero attached hydrogens (tertiary/aromatic N) is 2. The van der Waals surface area contributed by atoms with Crippen LogP contribution in [0.5, 0.6) is 0 Å². The van der Waals surface area contributed by atoms with E-state index in [1.165, 1.54) is 7.11 Å². The van der Waals surface area contributed by atoms with Crippen molar-refractivity contribution in [1.29, 1.82) is 0 Å². The Kier molecular flexibility index (Phi) is 4.10. The van der Waals surface area contributed by atoms with E-state index in [2.05, 4.69) is 0 Å². The zero-order valence-corrected chi connectivity index (χ0v) is 11.6. The van der Waals surface area contributed by atoms with Gasteiger partial charge in [0, 0.05) is 26.2 Å². The molecule has 6 heteroatoms. The average Bonchev–Trinajstić information content (AvgIpc) is 2.35. The predicted molar refractivity (Wildman–Crippen MR) is 68.4 cm³/mol. The summed E-state index contributed by atoms with van der Waals surface area (Å²) in [7, 11) is 1.40. The van der Waals surface area contributed by atoms with Crippen molar-refractivity contribution in [3.63, 3.8) is 0 Å². The van der Waals surface area contributed by atoms with Crippen molar-refractivity contribution in [3.8, 4) is 0 Å². The Hall–Kier alpha value is -1.14. The molecule has 0 aromatic heterocycles. The topological polar surface area (TPSA) is 70.1 Å². The third kappa shape index (κ3) is 3.45. The number of likely N-dealkylation sites (tertiary alicyclic amines) is 2. The van der Waals surface area contributed by atoms with Gasteiger partial charge in [0.1, 0.15) is 0 Å². The molecule has 0 spiro atoms. The Bertz CT molecular complexity index is 354. The standard InChI is InChI=1S/C13H22N2O4/c1-13(18)8-14(9-13)7-11(16)15-5-3-10(4-6-15)12(17)19-2/h10,18H,3-9H2,1-2H3. The van der Waals surface area contributed by atoms with Crippen molar-refractivity contribution in [2.24, 2.45) is 5.92 Å². The van der Waals surface area contributed by atoms with Crippen molar-refractivity contribution < 1.29 is 19.4 Å². The molecule has 0 bridgehead atoms. The average molecular weight is 270 g/mol. The number of esters is 1. The number of piperidine rings is 1. The van der Waals surface area contributed by atoms with Crippen LogP contribution < -0.4 is 0 Å². The quantitative estimate of drug-likeness (QED) is 0.698. The number of aliphatic hydroxyl groups is 1. The normalized spacial score (nSPS) is 23.8. The van der Waals surface area contributed by atoms with E-state index in [0.717, 1.165) is 0 Å². The van der Waals surface area contributed by atoms with Gasteiger partial charge in [0.15, 0.2) is 0 Å². The number of β-amino-alcohol motifs (C(OH)–C–C–N with tert-alkyl or cyclic N) is 1. The third-order valence-electron chi connectivity index (χ3n) is 3.87. The maximum absolute atomic E-state index is 12.0. The molecule has 108 valence electrons. The number of hydrogen-bond acceptors (Lipinski definition) is 5. The second kappa shape index (κ2) is 5.46. The fourth-order valence-corrected chi connectivity index (χ4v) is 2.85. The first-order valence-electron chi connectivity index (χ1n) is 6.71. The van der Waals surface area contributed by atoms with Crippen molar-refractivity contribution in [2.45, 2.75) is 25.4 Å². The lowest BCUT2D eigenvalue weighted by Gasteiger charge is -2.44. The minimum absolute atomic E-state index is 0.0706. The van der Waals surface area contributed by atoms with Crippen molar-refractivity contribution >= 4 is 11.9 Å². The third-order valence-corrected chi connectivity index (χ3v) is 3.87. The summed E-state index contributed by atoms with van der Waals surface area (Å²) in [6.45, 7) is 4.47. The molecule has 2 fully saturated rings. The fourth-order valence-electron chi connectivity index (χ4n) is 2.85. The van der Waals surface area contributed by atoms with Crippen LogP contribution in [0.3, 0.4) is 0 Å². The van der Waals surface area contributed by atoms with Crippen molar-refractivity contribution in [1.82, 2.24) is 9.80 Å². The molecule has 2 aliphatic heterocycles. The lowest BCUT2D eigenvalue weighted by Crippen LogP contribution is -2.62. The van der Waals surface area contributed by atoms with Crippen molar-refractivity contribution in [2.75, 3.05) is 39.8 Å². The summed E-state index contributed by atoms with van der Waals surface area (Å²) in [5.74, 6) is -0.163. The molecule has 1 N–H and O–H groups in total. The highest BCUT2D eigenvalue weighted by atomic mass is 16.5. The van der Waals surface area contributed by atoms with Gasteiger partial charge >= 0.3 is 5.97 Å². The van der Waals surface area contributed by atoms with Gasteiger partial charge in [-0.25, -0.2) is 0 Å². The molecule has 0 aromatic rings. The van der Waals surface area contributed by atoms with Gasteiger partial charge < -0.3 is 14.7 Å². The van der Waals surface area contributed by atoms with Gasteiger partial charge in [0.2, 0.25) is 5.91 Å². The lowest BCUT2D eigenvalue weighted by atomic mass is 9.96. The van der Waals surface area contributed by atoms with Gasteiger partial charge in [-0.05, 0) is 19.8 Å². The zero-order chi connectivity index (χ0) is 14.0. The smallest absolute Gasteiger partial charge is 0.308 e. The molecule has 0 saturated carbocycles. The number of hydrogen-bond donors (Lipinski definition) is 1. The summed E-state index contributed by atoms with van der Waals surface area (Å²) in [6.07, 6.45) is 1.35. The van der Waals surface area contributed by atoms with Crippen molar-refractivity contribution in [3.05, 3.63) is 0 Å². The first-order chi connectivity index (χ1) is 8.91. The van der Waals surface area contributed by atoms with E-state index in [-0.39, 0.29) is 17.8 Å². The molecule has 6 nitrogen and oxygen atoms in total. The monoisotopic (exact) mass is 270 g/mol. The number of rotatable bonds is 3. The molecule has 1 amide bonds. The first-order valence-corrected chi connectivity index (χ1v) is 6.71. The molecule has 2 aliphatic rings. The maximum Gasteiger partial charge on any atom is 0.308 e. The van der Waals surface area contributed by atoms with Crippen LogP contribution in [0.1, 0.15) is 19.8 Å². The maximum atomic E-state index is 12.0. The number of carbonyl (C=O) groups is 2. The van der Waals surface area contributed by atoms with E-state index >= 15 is 0 Å². The predicted octanol–water partition coefficient (Wildman–Crippen LogP) is -0.535. The SMILES string of the molecule is COC(=O)C1CCN(C(=O)CN2CC(C)(O)C2)CC1. The first kappa shape index (κ1) is 14.3. The van der Waals surface area contributed by atoms with Gasteiger partial charge in [-0.3, -0.25) is 14.5 Å². The van der Waals surface area contributed by atoms with E-state index in [1.54, 1.807) is 11.8 Å². The second-order valence-corrected chi connectivity index (χ2v) is 5.82. The van der Waals surface area contributed by atoms with Crippen LogP contribution in [-0.4, -0.2) is 72.2 Å². The second-order valence-electron chi connectivity index (χ2n) is 5.82. The zero-order valence-electron chi connectivity index (χ0n) is 11.6. The molecular weight excluding hydrogens is 248 g/mol. The van der Waals surface area contributed by atoms with E-state index < -0.39 is 5.60 Å². The minimum atomic E-state index is -0.641. The Morgan fingerprint density at radius 2 is 1.89 bits per heavy atom. The molecule has 0 aliphatic carbocycles. The Morgan fingerprint density at radius 1 is 1.32 bits per heavy atom. The van der Waals surface area contributed by atoms with Gasteiger partial charge in [0.25, 0.3) is 0 Å². The van der Waals surface area contributed by atoms with Crippen LogP contribution >= 0.6 is 0 Å². The number of amides is 1. The lowest BCUT2D eigenvalue weighted by molar-refractivity contribution is -0.150. The van der Waals surface area contributed by atoms with E-state index in [1.807, 2.05) is 4.90 Å². The Balaban J connectivity index is 1.72. The van der Waals surface area contributed by atoms with Gasteiger partial charge in [-0.1, -0.05) is 0 Å². The Labute approximate surface area is 113 Å². The molecule has 0 radical (unpaired) electrons. The van der Waals surface area contributed by atoms with Crippen LogP contribution in [0.2, 0.25) is 0 Å². The van der Waals surface area contributed by atoms with Crippen LogP contribution in [0.4, 0.5) is 0 Å². The van der Waals surface area contributed by atoms with E-state index in [4.69, 9.17) is 4.74 Å². The van der Waals surface area contributed by atoms with Gasteiger partial charge in [0.05, 0.1) is 25.2 Å². The molecule has 2 heterocycles. The highest BCUT2D eigenvalue weighted by molar-refractivity contribution is 5.79. The summed E-state index contributed by atoms with van der Waals surface area (Å²) in [4.78, 5) is 27.2. The summed E-state index contributed by atoms with van der Waals surface area (Å²) in [5.41, 5.74) is -0.641. The molecule has 0 unspecified atom stereocenters. The molecule has 19 heavy (non-hydrogen) atoms. The molecule has 0 aromatic carbocycles. The van der Waals surface area contributed by atoms with Crippen LogP contribution in [0.15, 0.2) is 0 Å². The van der Waals surface area contributed by atoms with E-state index in [9.17, 15) is 14.7 Å². The number of carbonyl (C=O) groups excluding carboxylic acids is 2. The Morgan fingerprint density at radius 3 is 2.37 bits per heavy atom. The molecule has 0 atom stereocenters. The fraction of sp³-hybridized carbons (Fsp3) is 0.846. The van der Waals surface area contributed by atoms with Crippen LogP contribution in [-0.2, 0) is 14.3 Å². The van der Waals surface area contributed by atoms with Crippen LogP contribution in [0, 0.1) is 5.92 Å². The number of methoxy groups -OCH3 is 1. The van der Waals surface area contributed by atoms with Gasteiger partial charge in [-0.2, -0.15) is 0 Å². The molecular formula is C13H22N2O4. The largest absolute Gasteiger partial charge is 0.469 e. The minimum Gasteiger partial charge on any atom is -0.469 e.